The van der Waals surface area contributed by atoms with Crippen LogP contribution in [0.4, 0.5) is 0 Å². The Morgan fingerprint density at radius 3 is 2.62 bits per heavy atom. The first-order valence-corrected chi connectivity index (χ1v) is 7.26. The minimum Gasteiger partial charge on any atom is -0.481 e. The van der Waals surface area contributed by atoms with E-state index in [1.165, 1.54) is 0 Å². The fourth-order valence-electron chi connectivity index (χ4n) is 2.92. The molecule has 0 aromatic heterocycles. The molecule has 1 saturated carbocycles. The summed E-state index contributed by atoms with van der Waals surface area (Å²) in [5.74, 6) is -0.920. The molecule has 1 aromatic carbocycles. The van der Waals surface area contributed by atoms with E-state index in [4.69, 9.17) is 10.8 Å². The number of hydrogen-bond acceptors (Lipinski definition) is 3. The topological polar surface area (TPSA) is 92.4 Å². The van der Waals surface area contributed by atoms with Crippen LogP contribution in [0.2, 0.25) is 0 Å². The standard InChI is InChI=1S/C16H22N2O3/c1-16(8-4-7-13(16)17)15(21)18-10-12-6-3-2-5-11(12)9-14(19)20/h2-3,5-6,13H,4,7-10,17H2,1H3,(H,18,21)(H,19,20). The van der Waals surface area contributed by atoms with Gasteiger partial charge in [0.2, 0.25) is 5.91 Å². The Morgan fingerprint density at radius 2 is 2.05 bits per heavy atom. The lowest BCUT2D eigenvalue weighted by atomic mass is 9.84. The smallest absolute Gasteiger partial charge is 0.307 e. The van der Waals surface area contributed by atoms with Crippen molar-refractivity contribution in [1.82, 2.24) is 5.32 Å². The second-order valence-corrected chi connectivity index (χ2v) is 5.94. The van der Waals surface area contributed by atoms with Crippen molar-refractivity contribution in [2.24, 2.45) is 11.1 Å². The number of carbonyl (C=O) groups is 2. The van der Waals surface area contributed by atoms with Gasteiger partial charge in [0.15, 0.2) is 0 Å². The van der Waals surface area contributed by atoms with Crippen LogP contribution in [-0.4, -0.2) is 23.0 Å². The van der Waals surface area contributed by atoms with E-state index in [0.29, 0.717) is 6.54 Å². The van der Waals surface area contributed by atoms with Gasteiger partial charge in [0.1, 0.15) is 0 Å². The van der Waals surface area contributed by atoms with Gasteiger partial charge >= 0.3 is 5.97 Å². The number of carboxylic acid groups (broad SMARTS) is 1. The zero-order valence-corrected chi connectivity index (χ0v) is 12.3. The summed E-state index contributed by atoms with van der Waals surface area (Å²) in [7, 11) is 0. The van der Waals surface area contributed by atoms with Crippen molar-refractivity contribution in [3.05, 3.63) is 35.4 Å². The molecule has 4 N–H and O–H groups in total. The molecule has 0 spiro atoms. The van der Waals surface area contributed by atoms with Crippen LogP contribution < -0.4 is 11.1 Å². The van der Waals surface area contributed by atoms with Crippen LogP contribution in [0.3, 0.4) is 0 Å². The number of nitrogens with one attached hydrogen (secondary N) is 1. The Balaban J connectivity index is 2.03. The minimum absolute atomic E-state index is 0.0389. The summed E-state index contributed by atoms with van der Waals surface area (Å²) in [6.45, 7) is 2.24. The fraction of sp³-hybridized carbons (Fsp3) is 0.500. The zero-order valence-electron chi connectivity index (χ0n) is 12.3. The maximum absolute atomic E-state index is 12.4. The summed E-state index contributed by atoms with van der Waals surface area (Å²) in [6.07, 6.45) is 2.61. The highest BCUT2D eigenvalue weighted by molar-refractivity contribution is 5.83. The molecular weight excluding hydrogens is 268 g/mol. The molecule has 0 saturated heterocycles. The van der Waals surface area contributed by atoms with Crippen LogP contribution in [-0.2, 0) is 22.6 Å². The number of amides is 1. The van der Waals surface area contributed by atoms with Crippen LogP contribution in [0.1, 0.15) is 37.3 Å². The van der Waals surface area contributed by atoms with Gasteiger partial charge in [0.25, 0.3) is 0 Å². The van der Waals surface area contributed by atoms with E-state index in [2.05, 4.69) is 5.32 Å². The summed E-state index contributed by atoms with van der Waals surface area (Å²) in [6, 6.07) is 7.16. The van der Waals surface area contributed by atoms with E-state index in [9.17, 15) is 9.59 Å². The zero-order chi connectivity index (χ0) is 15.5. The van der Waals surface area contributed by atoms with Crippen LogP contribution in [0.15, 0.2) is 24.3 Å². The van der Waals surface area contributed by atoms with Crippen molar-refractivity contribution in [3.63, 3.8) is 0 Å². The second-order valence-electron chi connectivity index (χ2n) is 5.94. The summed E-state index contributed by atoms with van der Waals surface area (Å²) in [4.78, 5) is 23.2. The molecule has 1 fully saturated rings. The molecule has 5 nitrogen and oxygen atoms in total. The van der Waals surface area contributed by atoms with E-state index < -0.39 is 11.4 Å². The number of nitrogens with two attached hydrogens (primary N) is 1. The molecule has 1 aliphatic carbocycles. The van der Waals surface area contributed by atoms with Gasteiger partial charge in [0, 0.05) is 12.6 Å². The van der Waals surface area contributed by atoms with Crippen LogP contribution in [0, 0.1) is 5.41 Å². The average Bonchev–Trinajstić information content (AvgIpc) is 2.78. The van der Waals surface area contributed by atoms with Gasteiger partial charge in [0.05, 0.1) is 11.8 Å². The molecule has 2 atom stereocenters. The summed E-state index contributed by atoms with van der Waals surface area (Å²) < 4.78 is 0. The number of carboxylic acids is 1. The Kier molecular flexibility index (Phi) is 4.63. The summed E-state index contributed by atoms with van der Waals surface area (Å²) in [5.41, 5.74) is 7.09. The third kappa shape index (κ3) is 3.42. The lowest BCUT2D eigenvalue weighted by molar-refractivity contribution is -0.136. The van der Waals surface area contributed by atoms with Crippen LogP contribution in [0.5, 0.6) is 0 Å². The minimum atomic E-state index is -0.876. The predicted molar refractivity (Wildman–Crippen MR) is 79.6 cm³/mol. The Hall–Kier alpha value is -1.88. The summed E-state index contributed by atoms with van der Waals surface area (Å²) in [5, 5.41) is 11.8. The third-order valence-electron chi connectivity index (χ3n) is 4.45. The number of carbonyl (C=O) groups excluding carboxylic acids is 1. The second kappa shape index (κ2) is 6.26. The normalized spacial score (nSPS) is 24.8. The van der Waals surface area contributed by atoms with Gasteiger partial charge in [-0.2, -0.15) is 0 Å². The summed E-state index contributed by atoms with van der Waals surface area (Å²) >= 11 is 0. The molecule has 21 heavy (non-hydrogen) atoms. The van der Waals surface area contributed by atoms with E-state index in [1.807, 2.05) is 19.1 Å². The Morgan fingerprint density at radius 1 is 1.38 bits per heavy atom. The van der Waals surface area contributed by atoms with Crippen molar-refractivity contribution in [3.8, 4) is 0 Å². The number of benzene rings is 1. The quantitative estimate of drug-likeness (QED) is 0.765. The van der Waals surface area contributed by atoms with E-state index in [0.717, 1.165) is 30.4 Å². The van der Waals surface area contributed by atoms with Gasteiger partial charge in [-0.05, 0) is 30.9 Å². The fourth-order valence-corrected chi connectivity index (χ4v) is 2.92. The first-order chi connectivity index (χ1) is 9.93. The number of rotatable bonds is 5. The lowest BCUT2D eigenvalue weighted by Crippen LogP contribution is -2.47. The molecule has 5 heteroatoms. The first kappa shape index (κ1) is 15.5. The van der Waals surface area contributed by atoms with Crippen molar-refractivity contribution in [1.29, 1.82) is 0 Å². The van der Waals surface area contributed by atoms with Gasteiger partial charge in [-0.3, -0.25) is 9.59 Å². The molecule has 0 aliphatic heterocycles. The van der Waals surface area contributed by atoms with E-state index >= 15 is 0 Å². The molecule has 0 heterocycles. The molecular formula is C16H22N2O3. The number of hydrogen-bond donors (Lipinski definition) is 3. The molecule has 0 radical (unpaired) electrons. The molecule has 2 unspecified atom stereocenters. The van der Waals surface area contributed by atoms with Gasteiger partial charge in [-0.1, -0.05) is 30.7 Å². The molecule has 1 aromatic rings. The van der Waals surface area contributed by atoms with Gasteiger partial charge < -0.3 is 16.2 Å². The average molecular weight is 290 g/mol. The SMILES string of the molecule is CC1(C(=O)NCc2ccccc2CC(=O)O)CCCC1N. The Bertz CT molecular complexity index is 544. The third-order valence-corrected chi connectivity index (χ3v) is 4.45. The van der Waals surface area contributed by atoms with E-state index in [-0.39, 0.29) is 18.4 Å². The largest absolute Gasteiger partial charge is 0.481 e. The molecule has 1 aliphatic rings. The molecule has 1 amide bonds. The highest BCUT2D eigenvalue weighted by atomic mass is 16.4. The van der Waals surface area contributed by atoms with E-state index in [1.54, 1.807) is 12.1 Å². The highest BCUT2D eigenvalue weighted by Gasteiger charge is 2.42. The van der Waals surface area contributed by atoms with Crippen molar-refractivity contribution in [2.45, 2.75) is 45.2 Å². The highest BCUT2D eigenvalue weighted by Crippen LogP contribution is 2.36. The van der Waals surface area contributed by atoms with Crippen molar-refractivity contribution in [2.75, 3.05) is 0 Å². The first-order valence-electron chi connectivity index (χ1n) is 7.26. The molecule has 2 rings (SSSR count). The molecule has 0 bridgehead atoms. The van der Waals surface area contributed by atoms with Gasteiger partial charge in [-0.25, -0.2) is 0 Å². The van der Waals surface area contributed by atoms with Crippen LogP contribution >= 0.6 is 0 Å². The lowest BCUT2D eigenvalue weighted by Gasteiger charge is -2.27. The maximum atomic E-state index is 12.4. The van der Waals surface area contributed by atoms with Crippen molar-refractivity contribution < 1.29 is 14.7 Å². The maximum Gasteiger partial charge on any atom is 0.307 e. The van der Waals surface area contributed by atoms with Gasteiger partial charge in [-0.15, -0.1) is 0 Å². The predicted octanol–water partition coefficient (Wildman–Crippen LogP) is 1.45. The Labute approximate surface area is 124 Å². The number of aliphatic carboxylic acids is 1. The molecule has 114 valence electrons. The van der Waals surface area contributed by atoms with Crippen LogP contribution in [0.25, 0.3) is 0 Å². The van der Waals surface area contributed by atoms with Crippen molar-refractivity contribution >= 4 is 11.9 Å². The monoisotopic (exact) mass is 290 g/mol.